The first-order valence-corrected chi connectivity index (χ1v) is 6.08. The predicted octanol–water partition coefficient (Wildman–Crippen LogP) is 2.18. The number of pyridine rings is 1. The molecule has 1 aromatic heterocycles. The summed E-state index contributed by atoms with van der Waals surface area (Å²) in [7, 11) is 0. The Labute approximate surface area is 115 Å². The minimum Gasteiger partial charge on any atom is -0.302 e. The van der Waals surface area contributed by atoms with Gasteiger partial charge in [-0.15, -0.1) is 0 Å². The van der Waals surface area contributed by atoms with E-state index in [1.165, 1.54) is 0 Å². The molecular weight excluding hydrogens is 254 g/mol. The molecule has 1 N–H and O–H groups in total. The summed E-state index contributed by atoms with van der Waals surface area (Å²) in [6.07, 6.45) is 4.88. The zero-order valence-corrected chi connectivity index (χ0v) is 10.5. The minimum atomic E-state index is -0.443. The van der Waals surface area contributed by atoms with Gasteiger partial charge in [-0.2, -0.15) is 0 Å². The number of carbonyl (C=O) groups excluding carboxylic acids is 2. The summed E-state index contributed by atoms with van der Waals surface area (Å²) < 4.78 is 0. The van der Waals surface area contributed by atoms with Crippen LogP contribution in [0.3, 0.4) is 0 Å². The first kappa shape index (κ1) is 12.1. The van der Waals surface area contributed by atoms with E-state index in [9.17, 15) is 9.59 Å². The molecule has 0 unspecified atom stereocenters. The molecule has 0 atom stereocenters. The fraction of sp³-hybridized carbons (Fsp3) is 0. The van der Waals surface area contributed by atoms with Crippen LogP contribution in [0.15, 0.2) is 60.6 Å². The molecule has 5 heteroatoms. The van der Waals surface area contributed by atoms with Gasteiger partial charge in [0.1, 0.15) is 5.70 Å². The summed E-state index contributed by atoms with van der Waals surface area (Å²) in [4.78, 5) is 29.2. The maximum atomic E-state index is 12.3. The molecule has 20 heavy (non-hydrogen) atoms. The second-order valence-electron chi connectivity index (χ2n) is 4.24. The molecule has 1 aromatic carbocycles. The Bertz CT molecular complexity index is 681. The lowest BCUT2D eigenvalue weighted by atomic mass is 10.2. The van der Waals surface area contributed by atoms with Gasteiger partial charge < -0.3 is 5.32 Å². The summed E-state index contributed by atoms with van der Waals surface area (Å²) in [5, 5.41) is 2.58. The Hall–Kier alpha value is -2.95. The molecule has 0 spiro atoms. The molecule has 0 saturated carbocycles. The van der Waals surface area contributed by atoms with Crippen LogP contribution in [0.4, 0.5) is 10.5 Å². The molecule has 98 valence electrons. The molecule has 1 saturated heterocycles. The number of para-hydroxylation sites is 1. The van der Waals surface area contributed by atoms with Crippen molar-refractivity contribution in [1.29, 1.82) is 0 Å². The van der Waals surface area contributed by atoms with E-state index < -0.39 is 6.03 Å². The number of urea groups is 1. The van der Waals surface area contributed by atoms with Gasteiger partial charge >= 0.3 is 6.03 Å². The highest BCUT2D eigenvalue weighted by molar-refractivity contribution is 6.28. The van der Waals surface area contributed by atoms with E-state index in [-0.39, 0.29) is 11.6 Å². The lowest BCUT2D eigenvalue weighted by Crippen LogP contribution is -2.30. The van der Waals surface area contributed by atoms with Crippen LogP contribution in [0.25, 0.3) is 6.08 Å². The Morgan fingerprint density at radius 3 is 2.40 bits per heavy atom. The van der Waals surface area contributed by atoms with Crippen molar-refractivity contribution < 1.29 is 9.59 Å². The Balaban J connectivity index is 1.93. The van der Waals surface area contributed by atoms with E-state index in [0.29, 0.717) is 5.69 Å². The topological polar surface area (TPSA) is 62.3 Å². The largest absolute Gasteiger partial charge is 0.333 e. The third-order valence-electron chi connectivity index (χ3n) is 2.91. The predicted molar refractivity (Wildman–Crippen MR) is 74.7 cm³/mol. The highest BCUT2D eigenvalue weighted by Gasteiger charge is 2.34. The van der Waals surface area contributed by atoms with Crippen molar-refractivity contribution in [3.8, 4) is 0 Å². The van der Waals surface area contributed by atoms with Crippen LogP contribution in [0.5, 0.6) is 0 Å². The monoisotopic (exact) mass is 265 g/mol. The van der Waals surface area contributed by atoms with Gasteiger partial charge in [-0.25, -0.2) is 9.69 Å². The quantitative estimate of drug-likeness (QED) is 0.668. The normalized spacial score (nSPS) is 16.6. The molecule has 0 aliphatic carbocycles. The number of hydrogen-bond acceptors (Lipinski definition) is 3. The van der Waals surface area contributed by atoms with Crippen molar-refractivity contribution >= 4 is 23.7 Å². The number of rotatable bonds is 2. The van der Waals surface area contributed by atoms with Crippen molar-refractivity contribution in [1.82, 2.24) is 10.3 Å². The second-order valence-corrected chi connectivity index (χ2v) is 4.24. The van der Waals surface area contributed by atoms with Crippen LogP contribution in [0, 0.1) is 0 Å². The molecule has 5 nitrogen and oxygen atoms in total. The Morgan fingerprint density at radius 1 is 1.00 bits per heavy atom. The summed E-state index contributed by atoms with van der Waals surface area (Å²) >= 11 is 0. The van der Waals surface area contributed by atoms with E-state index in [2.05, 4.69) is 10.3 Å². The van der Waals surface area contributed by atoms with Gasteiger partial charge in [0, 0.05) is 12.4 Å². The number of carbonyl (C=O) groups is 2. The number of aromatic nitrogens is 1. The number of benzene rings is 1. The zero-order chi connectivity index (χ0) is 13.9. The van der Waals surface area contributed by atoms with E-state index in [0.717, 1.165) is 10.5 Å². The molecule has 1 aliphatic rings. The van der Waals surface area contributed by atoms with Crippen molar-refractivity contribution in [3.05, 3.63) is 66.1 Å². The Kier molecular flexibility index (Phi) is 3.01. The zero-order valence-electron chi connectivity index (χ0n) is 10.5. The van der Waals surface area contributed by atoms with Crippen molar-refractivity contribution in [2.24, 2.45) is 0 Å². The van der Waals surface area contributed by atoms with E-state index in [4.69, 9.17) is 0 Å². The summed E-state index contributed by atoms with van der Waals surface area (Å²) in [6, 6.07) is 11.9. The number of imide groups is 1. The average molecular weight is 265 g/mol. The molecule has 1 fully saturated rings. The highest BCUT2D eigenvalue weighted by Crippen LogP contribution is 2.21. The lowest BCUT2D eigenvalue weighted by Gasteiger charge is -2.10. The third kappa shape index (κ3) is 2.16. The molecule has 2 heterocycles. The summed E-state index contributed by atoms with van der Waals surface area (Å²) in [5.41, 5.74) is 1.61. The van der Waals surface area contributed by atoms with Crippen molar-refractivity contribution in [2.45, 2.75) is 0 Å². The van der Waals surface area contributed by atoms with Gasteiger partial charge in [-0.3, -0.25) is 9.78 Å². The van der Waals surface area contributed by atoms with Gasteiger partial charge in [0.2, 0.25) is 0 Å². The third-order valence-corrected chi connectivity index (χ3v) is 2.91. The highest BCUT2D eigenvalue weighted by atomic mass is 16.2. The Morgan fingerprint density at radius 2 is 1.70 bits per heavy atom. The average Bonchev–Trinajstić information content (AvgIpc) is 2.75. The molecule has 3 rings (SSSR count). The second kappa shape index (κ2) is 4.97. The summed E-state index contributed by atoms with van der Waals surface area (Å²) in [5.74, 6) is -0.363. The number of hydrogen-bond donors (Lipinski definition) is 1. The SMILES string of the molecule is O=C1N/C(=C\c2ccncc2)C(=O)N1c1ccccc1. The first-order valence-electron chi connectivity index (χ1n) is 6.08. The fourth-order valence-corrected chi connectivity index (χ4v) is 1.97. The number of amides is 3. The van der Waals surface area contributed by atoms with E-state index in [1.807, 2.05) is 6.07 Å². The minimum absolute atomic E-state index is 0.255. The first-order chi connectivity index (χ1) is 9.75. The van der Waals surface area contributed by atoms with Crippen LogP contribution in [0.1, 0.15) is 5.56 Å². The van der Waals surface area contributed by atoms with Gasteiger partial charge in [-0.05, 0) is 35.9 Å². The molecule has 0 radical (unpaired) electrons. The van der Waals surface area contributed by atoms with Crippen LogP contribution >= 0.6 is 0 Å². The van der Waals surface area contributed by atoms with E-state index in [1.54, 1.807) is 54.9 Å². The lowest BCUT2D eigenvalue weighted by molar-refractivity contribution is -0.113. The van der Waals surface area contributed by atoms with Gasteiger partial charge in [0.15, 0.2) is 0 Å². The van der Waals surface area contributed by atoms with Crippen LogP contribution in [0.2, 0.25) is 0 Å². The smallest absolute Gasteiger partial charge is 0.302 e. The van der Waals surface area contributed by atoms with Gasteiger partial charge in [-0.1, -0.05) is 18.2 Å². The standard InChI is InChI=1S/C15H11N3O2/c19-14-13(10-11-6-8-16-9-7-11)17-15(20)18(14)12-4-2-1-3-5-12/h1-10H,(H,17,20)/b13-10-. The van der Waals surface area contributed by atoms with Crippen LogP contribution in [-0.4, -0.2) is 16.9 Å². The van der Waals surface area contributed by atoms with Gasteiger partial charge in [0.25, 0.3) is 5.91 Å². The molecule has 2 aromatic rings. The molecule has 1 aliphatic heterocycles. The summed E-state index contributed by atoms with van der Waals surface area (Å²) in [6.45, 7) is 0. The maximum absolute atomic E-state index is 12.3. The van der Waals surface area contributed by atoms with E-state index >= 15 is 0 Å². The van der Waals surface area contributed by atoms with Crippen molar-refractivity contribution in [2.75, 3.05) is 4.90 Å². The number of nitrogens with zero attached hydrogens (tertiary/aromatic N) is 2. The number of anilines is 1. The van der Waals surface area contributed by atoms with Crippen LogP contribution in [-0.2, 0) is 4.79 Å². The molecular formula is C15H11N3O2. The molecule has 3 amide bonds. The maximum Gasteiger partial charge on any atom is 0.333 e. The molecule has 0 bridgehead atoms. The fourth-order valence-electron chi connectivity index (χ4n) is 1.97. The van der Waals surface area contributed by atoms with Crippen molar-refractivity contribution in [3.63, 3.8) is 0 Å². The number of nitrogens with one attached hydrogen (secondary N) is 1. The van der Waals surface area contributed by atoms with Crippen LogP contribution < -0.4 is 10.2 Å². The van der Waals surface area contributed by atoms with Gasteiger partial charge in [0.05, 0.1) is 5.69 Å².